The summed E-state index contributed by atoms with van der Waals surface area (Å²) in [5.41, 5.74) is 0.771. The first kappa shape index (κ1) is 20.9. The second-order valence-corrected chi connectivity index (χ2v) is 9.61. The number of hydrogen-bond acceptors (Lipinski definition) is 6. The number of anilines is 1. The highest BCUT2D eigenvalue weighted by Crippen LogP contribution is 2.31. The van der Waals surface area contributed by atoms with Gasteiger partial charge in [0.15, 0.2) is 3.95 Å². The average Bonchev–Trinajstić information content (AvgIpc) is 2.73. The molecule has 0 bridgehead atoms. The Balaban J connectivity index is 1.92. The summed E-state index contributed by atoms with van der Waals surface area (Å²) >= 11 is 6.85. The van der Waals surface area contributed by atoms with Crippen molar-refractivity contribution >= 4 is 35.0 Å². The van der Waals surface area contributed by atoms with Gasteiger partial charge in [-0.15, -0.1) is 11.3 Å². The van der Waals surface area contributed by atoms with Crippen molar-refractivity contribution in [1.29, 1.82) is 0 Å². The van der Waals surface area contributed by atoms with Gasteiger partial charge in [-0.05, 0) is 49.5 Å². The Morgan fingerprint density at radius 2 is 2.00 bits per heavy atom. The van der Waals surface area contributed by atoms with E-state index in [1.807, 2.05) is 18.2 Å². The van der Waals surface area contributed by atoms with Gasteiger partial charge in [0.2, 0.25) is 0 Å². The highest BCUT2D eigenvalue weighted by atomic mass is 32.1. The first-order valence-electron chi connectivity index (χ1n) is 10.5. The molecule has 1 fully saturated rings. The molecule has 30 heavy (non-hydrogen) atoms. The topological polar surface area (TPSA) is 59.6 Å². The van der Waals surface area contributed by atoms with Crippen LogP contribution in [0.25, 0.3) is 16.1 Å². The summed E-state index contributed by atoms with van der Waals surface area (Å²) in [5.74, 6) is 1.32. The number of rotatable bonds is 5. The lowest BCUT2D eigenvalue weighted by molar-refractivity contribution is 0.437. The highest BCUT2D eigenvalue weighted by molar-refractivity contribution is 7.73. The van der Waals surface area contributed by atoms with Gasteiger partial charge in [0.05, 0.1) is 4.88 Å². The third kappa shape index (κ3) is 3.98. The molecule has 8 heteroatoms. The summed E-state index contributed by atoms with van der Waals surface area (Å²) in [4.78, 5) is 33.9. The zero-order valence-corrected chi connectivity index (χ0v) is 19.0. The van der Waals surface area contributed by atoms with Gasteiger partial charge in [0, 0.05) is 31.9 Å². The lowest BCUT2D eigenvalue weighted by atomic mass is 9.99. The van der Waals surface area contributed by atoms with Gasteiger partial charge in [0.1, 0.15) is 17.0 Å². The van der Waals surface area contributed by atoms with Crippen LogP contribution in [0.5, 0.6) is 0 Å². The molecule has 3 aromatic rings. The molecular weight excluding hydrogens is 416 g/mol. The summed E-state index contributed by atoms with van der Waals surface area (Å²) < 4.78 is 3.67. The Bertz CT molecular complexity index is 1210. The molecule has 0 radical (unpaired) electrons. The monoisotopic (exact) mass is 442 g/mol. The molecule has 1 aliphatic rings. The first-order chi connectivity index (χ1) is 14.5. The summed E-state index contributed by atoms with van der Waals surface area (Å²) in [6.45, 7) is 6.64. The Morgan fingerprint density at radius 1 is 1.23 bits per heavy atom. The van der Waals surface area contributed by atoms with Gasteiger partial charge in [-0.25, -0.2) is 4.98 Å². The van der Waals surface area contributed by atoms with Crippen LogP contribution in [0, 0.1) is 9.87 Å². The quantitative estimate of drug-likeness (QED) is 0.550. The van der Waals surface area contributed by atoms with Crippen molar-refractivity contribution in [3.8, 4) is 10.4 Å². The first-order valence-corrected chi connectivity index (χ1v) is 11.7. The summed E-state index contributed by atoms with van der Waals surface area (Å²) in [7, 11) is 0. The summed E-state index contributed by atoms with van der Waals surface area (Å²) in [6, 6.07) is 7.08. The van der Waals surface area contributed by atoms with Crippen LogP contribution in [0.2, 0.25) is 0 Å². The number of nitrogens with zero attached hydrogens (tertiary/aromatic N) is 4. The molecule has 1 saturated heterocycles. The minimum atomic E-state index is -0.161. The summed E-state index contributed by atoms with van der Waals surface area (Å²) in [5, 5.41) is 0. The van der Waals surface area contributed by atoms with Crippen LogP contribution in [0.1, 0.15) is 39.5 Å². The molecule has 0 amide bonds. The van der Waals surface area contributed by atoms with Gasteiger partial charge in [-0.3, -0.25) is 18.6 Å². The molecule has 4 rings (SSSR count). The van der Waals surface area contributed by atoms with Gasteiger partial charge in [0.25, 0.3) is 11.1 Å². The molecule has 0 saturated carbocycles. The maximum Gasteiger partial charge on any atom is 0.268 e. The molecule has 6 nitrogen and oxygen atoms in total. The molecule has 0 aliphatic carbocycles. The molecule has 3 aromatic heterocycles. The van der Waals surface area contributed by atoms with Crippen molar-refractivity contribution in [3.63, 3.8) is 0 Å². The molecule has 0 spiro atoms. The summed E-state index contributed by atoms with van der Waals surface area (Å²) in [6.07, 6.45) is 5.72. The predicted molar refractivity (Wildman–Crippen MR) is 125 cm³/mol. The van der Waals surface area contributed by atoms with Crippen LogP contribution < -0.4 is 16.0 Å². The zero-order valence-electron chi connectivity index (χ0n) is 17.3. The maximum absolute atomic E-state index is 13.5. The van der Waals surface area contributed by atoms with E-state index in [1.54, 1.807) is 21.2 Å². The molecule has 158 valence electrons. The Labute approximate surface area is 184 Å². The largest absolute Gasteiger partial charge is 0.356 e. The highest BCUT2D eigenvalue weighted by Gasteiger charge is 2.24. The molecule has 0 unspecified atom stereocenters. The molecule has 0 N–H and O–H groups in total. The fourth-order valence-corrected chi connectivity index (χ4v) is 5.21. The van der Waals surface area contributed by atoms with Crippen LogP contribution in [0.3, 0.4) is 0 Å². The standard InChI is InChI=1S/C22H26N4O2S2/c1-3-4-10-26-18(27)14-16(30-22(26)29)19-20(24-12-8-15(2)9-13-24)23-17-7-5-6-11-25(17)21(19)28/h5-7,11,14-15H,3-4,8-10,12-13H2,1-2H3. The van der Waals surface area contributed by atoms with Crippen LogP contribution in [-0.4, -0.2) is 27.0 Å². The Kier molecular flexibility index (Phi) is 6.15. The van der Waals surface area contributed by atoms with Crippen LogP contribution in [0.15, 0.2) is 40.1 Å². The van der Waals surface area contributed by atoms with Gasteiger partial charge >= 0.3 is 0 Å². The molecule has 0 atom stereocenters. The van der Waals surface area contributed by atoms with E-state index in [-0.39, 0.29) is 11.1 Å². The molecular formula is C22H26N4O2S2. The van der Waals surface area contributed by atoms with Crippen LogP contribution in [-0.2, 0) is 6.54 Å². The fraction of sp³-hybridized carbons (Fsp3) is 0.455. The number of hydrogen-bond donors (Lipinski definition) is 0. The van der Waals surface area contributed by atoms with E-state index in [0.29, 0.717) is 38.3 Å². The van der Waals surface area contributed by atoms with E-state index in [0.717, 1.165) is 38.8 Å². The van der Waals surface area contributed by atoms with Gasteiger partial charge in [-0.2, -0.15) is 0 Å². The van der Waals surface area contributed by atoms with Crippen molar-refractivity contribution in [3.05, 3.63) is 55.1 Å². The van der Waals surface area contributed by atoms with Crippen molar-refractivity contribution in [2.75, 3.05) is 18.0 Å². The predicted octanol–water partition coefficient (Wildman–Crippen LogP) is 4.35. The molecule has 0 aromatic carbocycles. The smallest absolute Gasteiger partial charge is 0.268 e. The normalized spacial score (nSPS) is 15.1. The van der Waals surface area contributed by atoms with Crippen LogP contribution in [0.4, 0.5) is 5.82 Å². The zero-order chi connectivity index (χ0) is 21.3. The minimum absolute atomic E-state index is 0.155. The second kappa shape index (κ2) is 8.81. The van der Waals surface area contributed by atoms with E-state index >= 15 is 0 Å². The maximum atomic E-state index is 13.5. The van der Waals surface area contributed by atoms with E-state index < -0.39 is 0 Å². The molecule has 4 heterocycles. The second-order valence-electron chi connectivity index (χ2n) is 7.93. The Hall–Kier alpha value is -2.32. The number of pyridine rings is 1. The number of fused-ring (bicyclic) bond motifs is 1. The minimum Gasteiger partial charge on any atom is -0.356 e. The van der Waals surface area contributed by atoms with Crippen molar-refractivity contribution < 1.29 is 0 Å². The van der Waals surface area contributed by atoms with E-state index in [2.05, 4.69) is 18.7 Å². The SMILES string of the molecule is CCCCn1c(=O)cc(-c2c(N3CCC(C)CC3)nc3ccccn3c2=O)sc1=S. The van der Waals surface area contributed by atoms with Crippen molar-refractivity contribution in [2.45, 2.75) is 46.1 Å². The Morgan fingerprint density at radius 3 is 2.70 bits per heavy atom. The van der Waals surface area contributed by atoms with Gasteiger partial charge < -0.3 is 4.90 Å². The van der Waals surface area contributed by atoms with E-state index in [1.165, 1.54) is 11.3 Å². The third-order valence-corrected chi connectivity index (χ3v) is 7.13. The fourth-order valence-electron chi connectivity index (χ4n) is 3.84. The van der Waals surface area contributed by atoms with E-state index in [4.69, 9.17) is 17.2 Å². The third-order valence-electron chi connectivity index (χ3n) is 5.72. The number of aromatic nitrogens is 3. The van der Waals surface area contributed by atoms with E-state index in [9.17, 15) is 9.59 Å². The lowest BCUT2D eigenvalue weighted by Gasteiger charge is -2.32. The average molecular weight is 443 g/mol. The van der Waals surface area contributed by atoms with Crippen molar-refractivity contribution in [2.24, 2.45) is 5.92 Å². The van der Waals surface area contributed by atoms with Crippen LogP contribution >= 0.6 is 23.6 Å². The molecule has 1 aliphatic heterocycles. The number of unbranched alkanes of at least 4 members (excludes halogenated alkanes) is 1. The van der Waals surface area contributed by atoms with Crippen molar-refractivity contribution in [1.82, 2.24) is 14.0 Å². The van der Waals surface area contributed by atoms with Gasteiger partial charge in [-0.1, -0.05) is 26.3 Å². The lowest BCUT2D eigenvalue weighted by Crippen LogP contribution is -2.35. The number of piperidine rings is 1.